The number of ether oxygens (including phenoxy) is 2. The van der Waals surface area contributed by atoms with E-state index in [2.05, 4.69) is 0 Å². The maximum Gasteiger partial charge on any atom is 0.255 e. The van der Waals surface area contributed by atoms with Gasteiger partial charge >= 0.3 is 0 Å². The summed E-state index contributed by atoms with van der Waals surface area (Å²) in [5.41, 5.74) is 0. The highest BCUT2D eigenvalue weighted by Crippen LogP contribution is 2.43. The number of rotatable bonds is 1. The van der Waals surface area contributed by atoms with E-state index in [0.717, 1.165) is 12.8 Å². The molecule has 4 atom stereocenters. The quantitative estimate of drug-likeness (QED) is 0.678. The first kappa shape index (κ1) is 10.5. The normalized spacial score (nSPS) is 44.9. The molecule has 0 spiro atoms. The second kappa shape index (κ2) is 3.18. The molecule has 0 aromatic carbocycles. The van der Waals surface area contributed by atoms with Crippen LogP contribution < -0.4 is 0 Å². The fourth-order valence-corrected chi connectivity index (χ4v) is 3.17. The minimum atomic E-state index is -0.658. The van der Waals surface area contributed by atoms with Gasteiger partial charge in [0, 0.05) is 0 Å². The summed E-state index contributed by atoms with van der Waals surface area (Å²) < 4.78 is 11.4. The molecule has 5 heteroatoms. The molecule has 3 saturated heterocycles. The lowest BCUT2D eigenvalue weighted by molar-refractivity contribution is -0.173. The molecule has 0 saturated carbocycles. The molecule has 1 amide bonds. The van der Waals surface area contributed by atoms with Gasteiger partial charge in [-0.2, -0.15) is 0 Å². The van der Waals surface area contributed by atoms with Gasteiger partial charge in [0.25, 0.3) is 5.91 Å². The third-order valence-corrected chi connectivity index (χ3v) is 3.76. The summed E-state index contributed by atoms with van der Waals surface area (Å²) in [7, 11) is 0. The van der Waals surface area contributed by atoms with Crippen LogP contribution in [0.1, 0.15) is 26.7 Å². The smallest absolute Gasteiger partial charge is 0.255 e. The van der Waals surface area contributed by atoms with Crippen molar-refractivity contribution < 1.29 is 19.4 Å². The van der Waals surface area contributed by atoms with Gasteiger partial charge in [0.2, 0.25) is 0 Å². The number of hydrogen-bond acceptors (Lipinski definition) is 4. The molecule has 0 aromatic heterocycles. The van der Waals surface area contributed by atoms with Crippen LogP contribution in [-0.2, 0) is 14.3 Å². The molecule has 1 N–H and O–H groups in total. The third-order valence-electron chi connectivity index (χ3n) is 3.76. The molecule has 0 radical (unpaired) electrons. The van der Waals surface area contributed by atoms with Crippen LogP contribution in [0, 0.1) is 0 Å². The SMILES string of the molecule is CC1(C)OC2C(=O)N3C(CO)CCC3C2O1. The van der Waals surface area contributed by atoms with Crippen molar-refractivity contribution in [3.63, 3.8) is 0 Å². The third kappa shape index (κ3) is 1.25. The highest BCUT2D eigenvalue weighted by Gasteiger charge is 2.60. The molecule has 5 nitrogen and oxygen atoms in total. The van der Waals surface area contributed by atoms with Crippen LogP contribution in [0.2, 0.25) is 0 Å². The van der Waals surface area contributed by atoms with E-state index in [0.29, 0.717) is 0 Å². The van der Waals surface area contributed by atoms with Gasteiger partial charge in [0.15, 0.2) is 11.9 Å². The van der Waals surface area contributed by atoms with Crippen molar-refractivity contribution in [3.05, 3.63) is 0 Å². The second-order valence-corrected chi connectivity index (χ2v) is 5.25. The van der Waals surface area contributed by atoms with E-state index in [1.807, 2.05) is 13.8 Å². The summed E-state index contributed by atoms with van der Waals surface area (Å²) in [4.78, 5) is 13.9. The van der Waals surface area contributed by atoms with Crippen LogP contribution in [0.15, 0.2) is 0 Å². The fraction of sp³-hybridized carbons (Fsp3) is 0.909. The highest BCUT2D eigenvalue weighted by molar-refractivity contribution is 5.86. The predicted octanol–water partition coefficient (Wildman–Crippen LogP) is -0.128. The Labute approximate surface area is 94.3 Å². The first-order valence-corrected chi connectivity index (χ1v) is 5.82. The average Bonchev–Trinajstić information content (AvgIpc) is 2.81. The second-order valence-electron chi connectivity index (χ2n) is 5.25. The Morgan fingerprint density at radius 1 is 1.44 bits per heavy atom. The Morgan fingerprint density at radius 2 is 2.19 bits per heavy atom. The molecular formula is C11H17NO4. The lowest BCUT2D eigenvalue weighted by atomic mass is 10.1. The number of nitrogens with zero attached hydrogens (tertiary/aromatic N) is 1. The highest BCUT2D eigenvalue weighted by atomic mass is 16.8. The fourth-order valence-electron chi connectivity index (χ4n) is 3.17. The van der Waals surface area contributed by atoms with E-state index in [-0.39, 0.29) is 30.7 Å². The molecule has 4 unspecified atom stereocenters. The van der Waals surface area contributed by atoms with Gasteiger partial charge < -0.3 is 19.5 Å². The molecule has 3 aliphatic heterocycles. The minimum Gasteiger partial charge on any atom is -0.394 e. The Hall–Kier alpha value is -0.650. The van der Waals surface area contributed by atoms with E-state index >= 15 is 0 Å². The Balaban J connectivity index is 1.87. The van der Waals surface area contributed by atoms with Crippen LogP contribution >= 0.6 is 0 Å². The standard InChI is InChI=1S/C11H17NO4/c1-11(2)15-8-7-4-3-6(5-13)12(7)10(14)9(8)16-11/h6-9,13H,3-5H2,1-2H3. The van der Waals surface area contributed by atoms with E-state index in [1.165, 1.54) is 0 Å². The number of carbonyl (C=O) groups excluding carboxylic acids is 1. The lowest BCUT2D eigenvalue weighted by Crippen LogP contribution is -2.42. The summed E-state index contributed by atoms with van der Waals surface area (Å²) >= 11 is 0. The lowest BCUT2D eigenvalue weighted by Gasteiger charge is -2.27. The topological polar surface area (TPSA) is 59.0 Å². The number of amides is 1. The largest absolute Gasteiger partial charge is 0.394 e. The minimum absolute atomic E-state index is 0.0166. The van der Waals surface area contributed by atoms with Gasteiger partial charge in [-0.15, -0.1) is 0 Å². The molecule has 3 rings (SSSR count). The van der Waals surface area contributed by atoms with Crippen LogP contribution in [0.3, 0.4) is 0 Å². The monoisotopic (exact) mass is 227 g/mol. The molecule has 16 heavy (non-hydrogen) atoms. The van der Waals surface area contributed by atoms with Crippen LogP contribution in [0.25, 0.3) is 0 Å². The zero-order valence-corrected chi connectivity index (χ0v) is 9.55. The average molecular weight is 227 g/mol. The summed E-state index contributed by atoms with van der Waals surface area (Å²) in [6, 6.07) is 0.0508. The van der Waals surface area contributed by atoms with Crippen molar-refractivity contribution >= 4 is 5.91 Å². The number of hydrogen-bond donors (Lipinski definition) is 1. The van der Waals surface area contributed by atoms with Crippen molar-refractivity contribution in [1.82, 2.24) is 4.90 Å². The molecule has 90 valence electrons. The van der Waals surface area contributed by atoms with Crippen molar-refractivity contribution in [2.24, 2.45) is 0 Å². The number of aliphatic hydroxyl groups excluding tert-OH is 1. The molecule has 0 aromatic rings. The molecule has 3 fully saturated rings. The van der Waals surface area contributed by atoms with Crippen molar-refractivity contribution in [3.8, 4) is 0 Å². The number of aliphatic hydroxyl groups is 1. The number of fused-ring (bicyclic) bond motifs is 3. The molecular weight excluding hydrogens is 210 g/mol. The zero-order chi connectivity index (χ0) is 11.5. The molecule has 3 heterocycles. The van der Waals surface area contributed by atoms with E-state index < -0.39 is 11.9 Å². The van der Waals surface area contributed by atoms with Gasteiger partial charge in [-0.3, -0.25) is 4.79 Å². The summed E-state index contributed by atoms with van der Waals surface area (Å²) in [6.45, 7) is 3.70. The maximum atomic E-state index is 12.1. The number of carbonyl (C=O) groups is 1. The Morgan fingerprint density at radius 3 is 2.88 bits per heavy atom. The van der Waals surface area contributed by atoms with Crippen LogP contribution in [0.5, 0.6) is 0 Å². The van der Waals surface area contributed by atoms with Gasteiger partial charge in [-0.25, -0.2) is 0 Å². The molecule has 3 aliphatic rings. The first-order valence-electron chi connectivity index (χ1n) is 5.82. The molecule has 0 bridgehead atoms. The summed E-state index contributed by atoms with van der Waals surface area (Å²) in [6.07, 6.45) is 1.14. The molecule has 0 aliphatic carbocycles. The maximum absolute atomic E-state index is 12.1. The van der Waals surface area contributed by atoms with E-state index in [1.54, 1.807) is 4.90 Å². The van der Waals surface area contributed by atoms with Gasteiger partial charge in [-0.05, 0) is 26.7 Å². The van der Waals surface area contributed by atoms with Gasteiger partial charge in [0.1, 0.15) is 6.10 Å². The predicted molar refractivity (Wildman–Crippen MR) is 54.6 cm³/mol. The van der Waals surface area contributed by atoms with Crippen molar-refractivity contribution in [2.75, 3.05) is 6.61 Å². The van der Waals surface area contributed by atoms with E-state index in [9.17, 15) is 9.90 Å². The van der Waals surface area contributed by atoms with E-state index in [4.69, 9.17) is 9.47 Å². The summed E-state index contributed by atoms with van der Waals surface area (Å²) in [5, 5.41) is 9.22. The van der Waals surface area contributed by atoms with Crippen molar-refractivity contribution in [2.45, 2.75) is 56.8 Å². The van der Waals surface area contributed by atoms with Crippen LogP contribution in [-0.4, -0.2) is 52.6 Å². The zero-order valence-electron chi connectivity index (χ0n) is 9.55. The van der Waals surface area contributed by atoms with Gasteiger partial charge in [0.05, 0.1) is 18.7 Å². The Kier molecular flexibility index (Phi) is 2.09. The van der Waals surface area contributed by atoms with Gasteiger partial charge in [-0.1, -0.05) is 0 Å². The van der Waals surface area contributed by atoms with Crippen LogP contribution in [0.4, 0.5) is 0 Å². The first-order chi connectivity index (χ1) is 7.53. The van der Waals surface area contributed by atoms with Crippen molar-refractivity contribution in [1.29, 1.82) is 0 Å². The summed E-state index contributed by atoms with van der Waals surface area (Å²) in [5.74, 6) is -0.675. The Bertz CT molecular complexity index is 330.